The monoisotopic (exact) mass is 372 g/mol. The Kier molecular flexibility index (Phi) is 8.94. The predicted molar refractivity (Wildman–Crippen MR) is 116 cm³/mol. The topological polar surface area (TPSA) is 17.1 Å². The van der Waals surface area contributed by atoms with Gasteiger partial charge in [0.15, 0.2) is 0 Å². The van der Waals surface area contributed by atoms with E-state index >= 15 is 0 Å². The summed E-state index contributed by atoms with van der Waals surface area (Å²) in [6, 6.07) is 0. The normalized spacial score (nSPS) is 38.1. The van der Waals surface area contributed by atoms with Crippen molar-refractivity contribution < 1.29 is 4.79 Å². The molecule has 3 aliphatic carbocycles. The SMILES string of the molecule is CCCC1CCC(C2CCC(CCC=CC3CCC(C=O)CC3)CC2)CC1. The summed E-state index contributed by atoms with van der Waals surface area (Å²) >= 11 is 0. The smallest absolute Gasteiger partial charge is 0.123 e. The van der Waals surface area contributed by atoms with Gasteiger partial charge >= 0.3 is 0 Å². The summed E-state index contributed by atoms with van der Waals surface area (Å²) in [6.07, 6.45) is 28.5. The summed E-state index contributed by atoms with van der Waals surface area (Å²) in [6.45, 7) is 2.35. The number of carbonyl (C=O) groups excluding carboxylic acids is 1. The lowest BCUT2D eigenvalue weighted by atomic mass is 9.68. The highest BCUT2D eigenvalue weighted by atomic mass is 16.1. The highest BCUT2D eigenvalue weighted by Gasteiger charge is 2.30. The lowest BCUT2D eigenvalue weighted by molar-refractivity contribution is -0.112. The van der Waals surface area contributed by atoms with Gasteiger partial charge in [0.1, 0.15) is 6.29 Å². The molecule has 0 amide bonds. The van der Waals surface area contributed by atoms with Crippen molar-refractivity contribution in [2.75, 3.05) is 0 Å². The van der Waals surface area contributed by atoms with Gasteiger partial charge in [0.25, 0.3) is 0 Å². The number of rotatable bonds is 8. The average molecular weight is 373 g/mol. The fourth-order valence-corrected chi connectivity index (χ4v) is 6.40. The third-order valence-corrected chi connectivity index (χ3v) is 8.31. The Balaban J connectivity index is 1.27. The van der Waals surface area contributed by atoms with E-state index in [1.54, 1.807) is 0 Å². The van der Waals surface area contributed by atoms with Crippen LogP contribution < -0.4 is 0 Å². The van der Waals surface area contributed by atoms with Crippen LogP contribution in [-0.4, -0.2) is 6.29 Å². The molecule has 0 aromatic heterocycles. The second-order valence-electron chi connectivity index (χ2n) is 10.2. The standard InChI is InChI=1S/C26H44O/c1-2-5-21-12-16-25(17-13-21)26-18-14-23(15-19-26)7-4-3-6-22-8-10-24(20-27)11-9-22/h3,6,20-26H,2,4-5,7-19H2,1H3. The summed E-state index contributed by atoms with van der Waals surface area (Å²) in [5.74, 6) is 5.29. The van der Waals surface area contributed by atoms with Crippen LogP contribution >= 0.6 is 0 Å². The Bertz CT molecular complexity index is 429. The van der Waals surface area contributed by atoms with Crippen LogP contribution in [0.25, 0.3) is 0 Å². The van der Waals surface area contributed by atoms with E-state index in [4.69, 9.17) is 0 Å². The largest absolute Gasteiger partial charge is 0.303 e. The minimum atomic E-state index is 0.353. The lowest BCUT2D eigenvalue weighted by Crippen LogP contribution is -2.25. The highest BCUT2D eigenvalue weighted by Crippen LogP contribution is 2.43. The van der Waals surface area contributed by atoms with Crippen LogP contribution in [0.15, 0.2) is 12.2 Å². The van der Waals surface area contributed by atoms with Crippen molar-refractivity contribution in [3.8, 4) is 0 Å². The second kappa shape index (κ2) is 11.4. The molecule has 27 heavy (non-hydrogen) atoms. The molecule has 1 nitrogen and oxygen atoms in total. The van der Waals surface area contributed by atoms with Crippen molar-refractivity contribution in [1.82, 2.24) is 0 Å². The van der Waals surface area contributed by atoms with Crippen LogP contribution in [0.1, 0.15) is 110 Å². The van der Waals surface area contributed by atoms with Crippen LogP contribution in [0.2, 0.25) is 0 Å². The van der Waals surface area contributed by atoms with Gasteiger partial charge in [-0.1, -0.05) is 57.6 Å². The minimum absolute atomic E-state index is 0.353. The Morgan fingerprint density at radius 1 is 0.667 bits per heavy atom. The first-order valence-electron chi connectivity index (χ1n) is 12.4. The molecular weight excluding hydrogens is 328 g/mol. The van der Waals surface area contributed by atoms with E-state index in [-0.39, 0.29) is 0 Å². The van der Waals surface area contributed by atoms with E-state index in [1.807, 2.05) is 0 Å². The molecule has 3 fully saturated rings. The highest BCUT2D eigenvalue weighted by molar-refractivity contribution is 5.53. The van der Waals surface area contributed by atoms with Gasteiger partial charge in [-0.3, -0.25) is 0 Å². The van der Waals surface area contributed by atoms with E-state index in [0.29, 0.717) is 5.92 Å². The molecule has 0 unspecified atom stereocenters. The van der Waals surface area contributed by atoms with Gasteiger partial charge in [0, 0.05) is 5.92 Å². The lowest BCUT2D eigenvalue weighted by Gasteiger charge is -2.38. The number of hydrogen-bond donors (Lipinski definition) is 0. The van der Waals surface area contributed by atoms with E-state index in [1.165, 1.54) is 96.2 Å². The molecule has 154 valence electrons. The van der Waals surface area contributed by atoms with Gasteiger partial charge in [-0.2, -0.15) is 0 Å². The van der Waals surface area contributed by atoms with Crippen LogP contribution in [0.4, 0.5) is 0 Å². The van der Waals surface area contributed by atoms with Crippen LogP contribution in [0, 0.1) is 35.5 Å². The van der Waals surface area contributed by atoms with Crippen molar-refractivity contribution in [3.05, 3.63) is 12.2 Å². The molecule has 3 saturated carbocycles. The summed E-state index contributed by atoms with van der Waals surface area (Å²) < 4.78 is 0. The molecule has 0 aromatic carbocycles. The summed E-state index contributed by atoms with van der Waals surface area (Å²) in [7, 11) is 0. The zero-order valence-electron chi connectivity index (χ0n) is 17.9. The number of hydrogen-bond acceptors (Lipinski definition) is 1. The molecule has 1 heteroatoms. The number of carbonyl (C=O) groups is 1. The molecule has 0 aromatic rings. The molecule has 3 rings (SSSR count). The van der Waals surface area contributed by atoms with E-state index < -0.39 is 0 Å². The first kappa shape index (κ1) is 21.1. The summed E-state index contributed by atoms with van der Waals surface area (Å²) in [4.78, 5) is 10.8. The van der Waals surface area contributed by atoms with Crippen molar-refractivity contribution in [1.29, 1.82) is 0 Å². The third-order valence-electron chi connectivity index (χ3n) is 8.31. The van der Waals surface area contributed by atoms with E-state index in [9.17, 15) is 4.79 Å². The summed E-state index contributed by atoms with van der Waals surface area (Å²) in [5, 5.41) is 0. The predicted octanol–water partition coefficient (Wildman–Crippen LogP) is 7.74. The van der Waals surface area contributed by atoms with E-state index in [2.05, 4.69) is 19.1 Å². The number of aldehydes is 1. The van der Waals surface area contributed by atoms with Crippen molar-refractivity contribution in [3.63, 3.8) is 0 Å². The van der Waals surface area contributed by atoms with Gasteiger partial charge in [-0.25, -0.2) is 0 Å². The second-order valence-corrected chi connectivity index (χ2v) is 10.2. The number of allylic oxidation sites excluding steroid dienone is 2. The fourth-order valence-electron chi connectivity index (χ4n) is 6.40. The first-order chi connectivity index (χ1) is 13.3. The molecule has 0 saturated heterocycles. The molecular formula is C26H44O. The van der Waals surface area contributed by atoms with Crippen molar-refractivity contribution >= 4 is 6.29 Å². The molecule has 3 aliphatic rings. The van der Waals surface area contributed by atoms with Crippen LogP contribution in [0.3, 0.4) is 0 Å². The van der Waals surface area contributed by atoms with Crippen LogP contribution in [0.5, 0.6) is 0 Å². The van der Waals surface area contributed by atoms with Crippen molar-refractivity contribution in [2.45, 2.75) is 110 Å². The molecule has 0 atom stereocenters. The Hall–Kier alpha value is -0.590. The Morgan fingerprint density at radius 3 is 1.70 bits per heavy atom. The van der Waals surface area contributed by atoms with Gasteiger partial charge in [-0.05, 0) is 93.8 Å². The zero-order chi connectivity index (χ0) is 18.9. The minimum Gasteiger partial charge on any atom is -0.303 e. The van der Waals surface area contributed by atoms with Crippen LogP contribution in [-0.2, 0) is 4.79 Å². The van der Waals surface area contributed by atoms with Gasteiger partial charge in [-0.15, -0.1) is 0 Å². The summed E-state index contributed by atoms with van der Waals surface area (Å²) in [5.41, 5.74) is 0. The molecule has 0 aliphatic heterocycles. The fraction of sp³-hybridized carbons (Fsp3) is 0.885. The molecule has 0 heterocycles. The maximum absolute atomic E-state index is 10.8. The quantitative estimate of drug-likeness (QED) is 0.314. The molecule has 0 radical (unpaired) electrons. The third kappa shape index (κ3) is 6.75. The maximum Gasteiger partial charge on any atom is 0.123 e. The van der Waals surface area contributed by atoms with Crippen molar-refractivity contribution in [2.24, 2.45) is 35.5 Å². The first-order valence-corrected chi connectivity index (χ1v) is 12.4. The zero-order valence-corrected chi connectivity index (χ0v) is 17.9. The molecule has 0 N–H and O–H groups in total. The molecule has 0 spiro atoms. The maximum atomic E-state index is 10.8. The molecule has 0 bridgehead atoms. The average Bonchev–Trinajstić information content (AvgIpc) is 2.73. The van der Waals surface area contributed by atoms with E-state index in [0.717, 1.165) is 42.4 Å². The Morgan fingerprint density at radius 2 is 1.19 bits per heavy atom. The van der Waals surface area contributed by atoms with Gasteiger partial charge < -0.3 is 4.79 Å². The van der Waals surface area contributed by atoms with Gasteiger partial charge in [0.2, 0.25) is 0 Å². The van der Waals surface area contributed by atoms with Gasteiger partial charge in [0.05, 0.1) is 0 Å². The Labute approximate surface area is 168 Å².